The van der Waals surface area contributed by atoms with E-state index < -0.39 is 17.5 Å². The molecule has 1 heterocycles. The van der Waals surface area contributed by atoms with Gasteiger partial charge in [0.05, 0.1) is 16.6 Å². The van der Waals surface area contributed by atoms with Gasteiger partial charge in [-0.3, -0.25) is 9.13 Å². The summed E-state index contributed by atoms with van der Waals surface area (Å²) >= 11 is 0. The van der Waals surface area contributed by atoms with Crippen molar-refractivity contribution < 1.29 is 18.3 Å². The largest absolute Gasteiger partial charge is 0.508 e. The monoisotopic (exact) mass is 378 g/mol. The van der Waals surface area contributed by atoms with Gasteiger partial charge in [-0.2, -0.15) is 13.2 Å². The number of benzene rings is 2. The van der Waals surface area contributed by atoms with Crippen molar-refractivity contribution >= 4 is 11.0 Å². The Hall–Kier alpha value is -2.70. The topological polar surface area (TPSA) is 47.2 Å². The number of phenols is 1. The van der Waals surface area contributed by atoms with E-state index in [4.69, 9.17) is 0 Å². The molecule has 0 aliphatic rings. The second-order valence-corrected chi connectivity index (χ2v) is 7.92. The molecule has 0 amide bonds. The van der Waals surface area contributed by atoms with Gasteiger partial charge in [0.15, 0.2) is 0 Å². The highest BCUT2D eigenvalue weighted by molar-refractivity contribution is 5.84. The number of hydrogen-bond donors (Lipinski definition) is 1. The van der Waals surface area contributed by atoms with E-state index in [0.29, 0.717) is 29.2 Å². The Bertz CT molecular complexity index is 1070. The second kappa shape index (κ2) is 6.18. The number of aromatic hydroxyl groups is 1. The fourth-order valence-electron chi connectivity index (χ4n) is 3.22. The molecule has 27 heavy (non-hydrogen) atoms. The number of halogens is 3. The first kappa shape index (κ1) is 19.1. The van der Waals surface area contributed by atoms with Gasteiger partial charge < -0.3 is 5.11 Å². The molecule has 1 aromatic heterocycles. The zero-order valence-electron chi connectivity index (χ0n) is 15.6. The summed E-state index contributed by atoms with van der Waals surface area (Å²) in [7, 11) is 1.61. The van der Waals surface area contributed by atoms with Gasteiger partial charge in [0.25, 0.3) is 0 Å². The molecule has 2 aromatic carbocycles. The SMILES string of the molecule is Cn1c(=O)n(CC(C)(C)C)c2ccc(-c3ccc(O)cc3C(F)(F)F)cc21. The lowest BCUT2D eigenvalue weighted by Gasteiger charge is -2.18. The predicted octanol–water partition coefficient (Wildman–Crippen LogP) is 4.78. The van der Waals surface area contributed by atoms with Crippen LogP contribution in [0.1, 0.15) is 26.3 Å². The van der Waals surface area contributed by atoms with Crippen LogP contribution in [-0.2, 0) is 19.8 Å². The summed E-state index contributed by atoms with van der Waals surface area (Å²) in [6.07, 6.45) is -4.60. The van der Waals surface area contributed by atoms with Gasteiger partial charge in [0.2, 0.25) is 0 Å². The molecule has 0 bridgehead atoms. The number of nitrogens with zero attached hydrogens (tertiary/aromatic N) is 2. The number of aryl methyl sites for hydroxylation is 1. The number of hydrogen-bond acceptors (Lipinski definition) is 2. The maximum atomic E-state index is 13.4. The van der Waals surface area contributed by atoms with Crippen LogP contribution in [0.25, 0.3) is 22.2 Å². The zero-order chi connectivity index (χ0) is 20.1. The van der Waals surface area contributed by atoms with E-state index in [1.54, 1.807) is 29.8 Å². The third-order valence-electron chi connectivity index (χ3n) is 4.40. The average molecular weight is 378 g/mol. The molecule has 7 heteroatoms. The van der Waals surface area contributed by atoms with Gasteiger partial charge in [-0.25, -0.2) is 4.79 Å². The highest BCUT2D eigenvalue weighted by Crippen LogP contribution is 2.39. The van der Waals surface area contributed by atoms with Crippen LogP contribution < -0.4 is 5.69 Å². The molecule has 0 saturated heterocycles. The smallest absolute Gasteiger partial charge is 0.417 e. The Morgan fingerprint density at radius 2 is 1.67 bits per heavy atom. The summed E-state index contributed by atoms with van der Waals surface area (Å²) in [5, 5.41) is 9.46. The lowest BCUT2D eigenvalue weighted by atomic mass is 9.96. The Kier molecular flexibility index (Phi) is 4.37. The number of aromatic nitrogens is 2. The van der Waals surface area contributed by atoms with Crippen LogP contribution in [0.15, 0.2) is 41.2 Å². The third-order valence-corrected chi connectivity index (χ3v) is 4.40. The first-order valence-corrected chi connectivity index (χ1v) is 8.48. The van der Waals surface area contributed by atoms with Crippen LogP contribution in [0.2, 0.25) is 0 Å². The standard InChI is InChI=1S/C20H21F3N2O2/c1-19(2,3)11-25-16-8-5-12(9-17(16)24(4)18(25)27)14-7-6-13(26)10-15(14)20(21,22)23/h5-10,26H,11H2,1-4H3. The van der Waals surface area contributed by atoms with E-state index in [9.17, 15) is 23.1 Å². The number of fused-ring (bicyclic) bond motifs is 1. The highest BCUT2D eigenvalue weighted by atomic mass is 19.4. The van der Waals surface area contributed by atoms with E-state index in [1.807, 2.05) is 20.8 Å². The molecular weight excluding hydrogens is 357 g/mol. The van der Waals surface area contributed by atoms with Crippen molar-refractivity contribution in [1.82, 2.24) is 9.13 Å². The Morgan fingerprint density at radius 3 is 2.26 bits per heavy atom. The summed E-state index contributed by atoms with van der Waals surface area (Å²) in [6, 6.07) is 8.00. The molecule has 0 saturated carbocycles. The molecule has 0 radical (unpaired) electrons. The molecule has 0 atom stereocenters. The van der Waals surface area contributed by atoms with Crippen molar-refractivity contribution in [1.29, 1.82) is 0 Å². The summed E-state index contributed by atoms with van der Waals surface area (Å²) in [6.45, 7) is 6.53. The van der Waals surface area contributed by atoms with Crippen molar-refractivity contribution in [3.8, 4) is 16.9 Å². The molecule has 144 valence electrons. The Labute approximate surface area is 154 Å². The van der Waals surface area contributed by atoms with Crippen LogP contribution in [-0.4, -0.2) is 14.2 Å². The molecule has 0 spiro atoms. The summed E-state index contributed by atoms with van der Waals surface area (Å²) < 4.78 is 43.3. The molecule has 1 N–H and O–H groups in total. The van der Waals surface area contributed by atoms with Gasteiger partial charge in [-0.1, -0.05) is 32.9 Å². The maximum absolute atomic E-state index is 13.4. The minimum absolute atomic E-state index is 0.0433. The molecule has 3 rings (SSSR count). The summed E-state index contributed by atoms with van der Waals surface area (Å²) in [5.41, 5.74) is 0.268. The lowest BCUT2D eigenvalue weighted by Crippen LogP contribution is -2.27. The molecule has 0 fully saturated rings. The summed E-state index contributed by atoms with van der Waals surface area (Å²) in [4.78, 5) is 12.6. The van der Waals surface area contributed by atoms with Gasteiger partial charge in [0.1, 0.15) is 5.75 Å². The Balaban J connectivity index is 2.23. The fourth-order valence-corrected chi connectivity index (χ4v) is 3.22. The van der Waals surface area contributed by atoms with Crippen LogP contribution >= 0.6 is 0 Å². The zero-order valence-corrected chi connectivity index (χ0v) is 15.6. The molecule has 0 aliphatic carbocycles. The van der Waals surface area contributed by atoms with E-state index in [-0.39, 0.29) is 16.7 Å². The minimum Gasteiger partial charge on any atom is -0.508 e. The highest BCUT2D eigenvalue weighted by Gasteiger charge is 2.34. The van der Waals surface area contributed by atoms with Gasteiger partial charge in [-0.15, -0.1) is 0 Å². The van der Waals surface area contributed by atoms with Crippen LogP contribution in [0.4, 0.5) is 13.2 Å². The molecule has 0 unspecified atom stereocenters. The predicted molar refractivity (Wildman–Crippen MR) is 98.7 cm³/mol. The van der Waals surface area contributed by atoms with Crippen molar-refractivity contribution in [3.63, 3.8) is 0 Å². The maximum Gasteiger partial charge on any atom is 0.417 e. The Morgan fingerprint density at radius 1 is 1.00 bits per heavy atom. The van der Waals surface area contributed by atoms with Crippen molar-refractivity contribution in [2.45, 2.75) is 33.5 Å². The first-order valence-electron chi connectivity index (χ1n) is 8.48. The number of imidazole rings is 1. The first-order chi connectivity index (χ1) is 12.4. The lowest BCUT2D eigenvalue weighted by molar-refractivity contribution is -0.137. The average Bonchev–Trinajstić information content (AvgIpc) is 2.77. The second-order valence-electron chi connectivity index (χ2n) is 7.92. The molecule has 0 aliphatic heterocycles. The third kappa shape index (κ3) is 3.59. The van der Waals surface area contributed by atoms with Crippen LogP contribution in [0, 0.1) is 5.41 Å². The van der Waals surface area contributed by atoms with Gasteiger partial charge >= 0.3 is 11.9 Å². The number of alkyl halides is 3. The van der Waals surface area contributed by atoms with Crippen molar-refractivity contribution in [2.75, 3.05) is 0 Å². The molecule has 3 aromatic rings. The number of rotatable bonds is 2. The quantitative estimate of drug-likeness (QED) is 0.698. The van der Waals surface area contributed by atoms with Gasteiger partial charge in [-0.05, 0) is 40.8 Å². The van der Waals surface area contributed by atoms with Crippen molar-refractivity contribution in [3.05, 3.63) is 52.4 Å². The van der Waals surface area contributed by atoms with E-state index in [2.05, 4.69) is 0 Å². The fraction of sp³-hybridized carbons (Fsp3) is 0.350. The molecule has 4 nitrogen and oxygen atoms in total. The van der Waals surface area contributed by atoms with Gasteiger partial charge in [0, 0.05) is 13.6 Å². The van der Waals surface area contributed by atoms with E-state index in [1.165, 1.54) is 16.7 Å². The normalized spacial score (nSPS) is 12.7. The van der Waals surface area contributed by atoms with Crippen LogP contribution in [0.5, 0.6) is 5.75 Å². The number of phenolic OH excluding ortho intramolecular Hbond substituents is 1. The van der Waals surface area contributed by atoms with Crippen molar-refractivity contribution in [2.24, 2.45) is 12.5 Å². The summed E-state index contributed by atoms with van der Waals surface area (Å²) in [5.74, 6) is -0.448. The molecular formula is C20H21F3N2O2. The van der Waals surface area contributed by atoms with Crippen LogP contribution in [0.3, 0.4) is 0 Å². The van der Waals surface area contributed by atoms with E-state index in [0.717, 1.165) is 0 Å². The van der Waals surface area contributed by atoms with E-state index >= 15 is 0 Å². The minimum atomic E-state index is -4.60.